The average molecular weight is 391 g/mol. The lowest BCUT2D eigenvalue weighted by Gasteiger charge is -2.12. The number of amides is 1. The summed E-state index contributed by atoms with van der Waals surface area (Å²) in [6, 6.07) is 12.8. The number of thioether (sulfide) groups is 1. The predicted octanol–water partition coefficient (Wildman–Crippen LogP) is 3.20. The number of Topliss-reactive ketones (excluding diaryl/α,β-unsaturated/α-hetero) is 1. The SMILES string of the molecule is O=C1Cc2cc(C(=O)CSc3nc4ccccc4c(=O)n3C3CC3)ccc2N1. The number of fused-ring (bicyclic) bond motifs is 2. The Morgan fingerprint density at radius 2 is 2.00 bits per heavy atom. The minimum atomic E-state index is -0.0530. The molecule has 1 fully saturated rings. The summed E-state index contributed by atoms with van der Waals surface area (Å²) in [4.78, 5) is 41.7. The Labute approximate surface area is 165 Å². The molecule has 0 radical (unpaired) electrons. The second kappa shape index (κ2) is 6.60. The van der Waals surface area contributed by atoms with Crippen LogP contribution in [0.3, 0.4) is 0 Å². The summed E-state index contributed by atoms with van der Waals surface area (Å²) in [6.07, 6.45) is 2.23. The monoisotopic (exact) mass is 391 g/mol. The molecule has 1 aliphatic carbocycles. The van der Waals surface area contributed by atoms with Crippen LogP contribution in [0.4, 0.5) is 5.69 Å². The molecule has 7 heteroatoms. The molecule has 0 saturated heterocycles. The Bertz CT molecular complexity index is 1200. The number of hydrogen-bond acceptors (Lipinski definition) is 5. The zero-order valence-electron chi connectivity index (χ0n) is 15.0. The lowest BCUT2D eigenvalue weighted by atomic mass is 10.1. The highest BCUT2D eigenvalue weighted by Crippen LogP contribution is 2.37. The number of ketones is 1. The van der Waals surface area contributed by atoms with Gasteiger partial charge in [-0.15, -0.1) is 0 Å². The maximum absolute atomic E-state index is 12.9. The van der Waals surface area contributed by atoms with E-state index in [1.165, 1.54) is 11.8 Å². The zero-order chi connectivity index (χ0) is 19.3. The van der Waals surface area contributed by atoms with Gasteiger partial charge in [0.2, 0.25) is 5.91 Å². The minimum absolute atomic E-state index is 0.0369. The van der Waals surface area contributed by atoms with Crippen LogP contribution in [0.1, 0.15) is 34.8 Å². The number of carbonyl (C=O) groups excluding carboxylic acids is 2. The van der Waals surface area contributed by atoms with Crippen LogP contribution < -0.4 is 10.9 Å². The molecule has 0 bridgehead atoms. The van der Waals surface area contributed by atoms with Gasteiger partial charge in [0, 0.05) is 17.3 Å². The molecule has 0 spiro atoms. The van der Waals surface area contributed by atoms with E-state index in [1.54, 1.807) is 28.8 Å². The zero-order valence-corrected chi connectivity index (χ0v) is 15.8. The van der Waals surface area contributed by atoms with Gasteiger partial charge in [-0.1, -0.05) is 23.9 Å². The van der Waals surface area contributed by atoms with E-state index in [0.717, 1.165) is 24.1 Å². The highest BCUT2D eigenvalue weighted by atomic mass is 32.2. The van der Waals surface area contributed by atoms with Crippen molar-refractivity contribution in [1.82, 2.24) is 9.55 Å². The smallest absolute Gasteiger partial charge is 0.262 e. The van der Waals surface area contributed by atoms with Gasteiger partial charge in [-0.3, -0.25) is 19.0 Å². The van der Waals surface area contributed by atoms with Crippen molar-refractivity contribution in [2.24, 2.45) is 0 Å². The van der Waals surface area contributed by atoms with Crippen molar-refractivity contribution < 1.29 is 9.59 Å². The van der Waals surface area contributed by atoms with E-state index in [1.807, 2.05) is 18.2 Å². The van der Waals surface area contributed by atoms with Crippen LogP contribution in [-0.4, -0.2) is 27.0 Å². The molecule has 6 nitrogen and oxygen atoms in total. The highest BCUT2D eigenvalue weighted by molar-refractivity contribution is 7.99. The van der Waals surface area contributed by atoms with Crippen LogP contribution in [0.25, 0.3) is 10.9 Å². The topological polar surface area (TPSA) is 81.1 Å². The molecule has 0 unspecified atom stereocenters. The molecule has 5 rings (SSSR count). The Kier molecular flexibility index (Phi) is 4.05. The molecule has 2 aliphatic rings. The van der Waals surface area contributed by atoms with E-state index in [9.17, 15) is 14.4 Å². The number of hydrogen-bond donors (Lipinski definition) is 1. The van der Waals surface area contributed by atoms with Gasteiger partial charge < -0.3 is 5.32 Å². The fraction of sp³-hybridized carbons (Fsp3) is 0.238. The Balaban J connectivity index is 1.42. The van der Waals surface area contributed by atoms with Crippen molar-refractivity contribution >= 4 is 40.0 Å². The minimum Gasteiger partial charge on any atom is -0.326 e. The number of anilines is 1. The Morgan fingerprint density at radius 1 is 1.18 bits per heavy atom. The van der Waals surface area contributed by atoms with Gasteiger partial charge in [0.25, 0.3) is 5.56 Å². The van der Waals surface area contributed by atoms with E-state index in [0.29, 0.717) is 28.0 Å². The molecule has 28 heavy (non-hydrogen) atoms. The van der Waals surface area contributed by atoms with Crippen LogP contribution in [0.5, 0.6) is 0 Å². The third kappa shape index (κ3) is 3.01. The standard InChI is InChI=1S/C21H17N3O3S/c25-18(12-5-8-16-13(9-12)10-19(26)22-16)11-28-21-23-17-4-2-1-3-15(17)20(27)24(21)14-6-7-14/h1-5,8-9,14H,6-7,10-11H2,(H,22,26). The highest BCUT2D eigenvalue weighted by Gasteiger charge is 2.29. The van der Waals surface area contributed by atoms with Gasteiger partial charge in [-0.05, 0) is 48.7 Å². The molecule has 1 saturated carbocycles. The largest absolute Gasteiger partial charge is 0.326 e. The number of para-hydroxylation sites is 1. The number of aromatic nitrogens is 2. The fourth-order valence-electron chi connectivity index (χ4n) is 3.50. The molecular formula is C21H17N3O3S. The summed E-state index contributed by atoms with van der Waals surface area (Å²) in [5.41, 5.74) is 2.81. The van der Waals surface area contributed by atoms with Gasteiger partial charge >= 0.3 is 0 Å². The Morgan fingerprint density at radius 3 is 2.82 bits per heavy atom. The lowest BCUT2D eigenvalue weighted by molar-refractivity contribution is -0.115. The normalized spacial score (nSPS) is 15.5. The molecular weight excluding hydrogens is 374 g/mol. The molecule has 1 N–H and O–H groups in total. The fourth-order valence-corrected chi connectivity index (χ4v) is 4.46. The van der Waals surface area contributed by atoms with E-state index in [-0.39, 0.29) is 29.0 Å². The van der Waals surface area contributed by atoms with Gasteiger partial charge in [0.15, 0.2) is 10.9 Å². The molecule has 1 aliphatic heterocycles. The second-order valence-corrected chi connectivity index (χ2v) is 8.07. The summed E-state index contributed by atoms with van der Waals surface area (Å²) in [5, 5.41) is 3.97. The van der Waals surface area contributed by atoms with Crippen LogP contribution in [0.2, 0.25) is 0 Å². The number of carbonyl (C=O) groups is 2. The van der Waals surface area contributed by atoms with Gasteiger partial charge in [0.1, 0.15) is 0 Å². The summed E-state index contributed by atoms with van der Waals surface area (Å²) in [5.74, 6) is 0.0946. The number of benzene rings is 2. The van der Waals surface area contributed by atoms with Crippen molar-refractivity contribution in [1.29, 1.82) is 0 Å². The van der Waals surface area contributed by atoms with Crippen molar-refractivity contribution in [2.75, 3.05) is 11.1 Å². The number of nitrogens with zero attached hydrogens (tertiary/aromatic N) is 2. The molecule has 2 aromatic carbocycles. The third-order valence-corrected chi connectivity index (χ3v) is 6.02. The molecule has 1 aromatic heterocycles. The number of rotatable bonds is 5. The quantitative estimate of drug-likeness (QED) is 0.410. The van der Waals surface area contributed by atoms with Gasteiger partial charge in [-0.2, -0.15) is 0 Å². The molecule has 0 atom stereocenters. The Hall–Kier alpha value is -2.93. The maximum atomic E-state index is 12.9. The van der Waals surface area contributed by atoms with Crippen LogP contribution in [-0.2, 0) is 11.2 Å². The molecule has 3 aromatic rings. The third-order valence-electron chi connectivity index (χ3n) is 5.07. The first-order valence-electron chi connectivity index (χ1n) is 9.20. The summed E-state index contributed by atoms with van der Waals surface area (Å²) in [7, 11) is 0. The van der Waals surface area contributed by atoms with Crippen molar-refractivity contribution in [3.8, 4) is 0 Å². The summed E-state index contributed by atoms with van der Waals surface area (Å²) >= 11 is 1.30. The molecule has 140 valence electrons. The lowest BCUT2D eigenvalue weighted by Crippen LogP contribution is -2.22. The molecule has 2 heterocycles. The van der Waals surface area contributed by atoms with E-state index in [4.69, 9.17) is 0 Å². The average Bonchev–Trinajstić information content (AvgIpc) is 3.45. The first kappa shape index (κ1) is 17.2. The van der Waals surface area contributed by atoms with Crippen molar-refractivity contribution in [3.05, 3.63) is 63.9 Å². The van der Waals surface area contributed by atoms with E-state index in [2.05, 4.69) is 10.3 Å². The first-order chi connectivity index (χ1) is 13.6. The van der Waals surface area contributed by atoms with Crippen LogP contribution in [0, 0.1) is 0 Å². The van der Waals surface area contributed by atoms with E-state index < -0.39 is 0 Å². The number of nitrogens with one attached hydrogen (secondary N) is 1. The van der Waals surface area contributed by atoms with E-state index >= 15 is 0 Å². The predicted molar refractivity (Wildman–Crippen MR) is 108 cm³/mol. The van der Waals surface area contributed by atoms with Gasteiger partial charge in [-0.25, -0.2) is 4.98 Å². The van der Waals surface area contributed by atoms with Gasteiger partial charge in [0.05, 0.1) is 23.1 Å². The summed E-state index contributed by atoms with van der Waals surface area (Å²) < 4.78 is 1.74. The van der Waals surface area contributed by atoms with Crippen molar-refractivity contribution in [2.45, 2.75) is 30.5 Å². The second-order valence-electron chi connectivity index (χ2n) is 7.13. The first-order valence-corrected chi connectivity index (χ1v) is 10.2. The summed E-state index contributed by atoms with van der Waals surface area (Å²) in [6.45, 7) is 0. The maximum Gasteiger partial charge on any atom is 0.262 e. The molecule has 1 amide bonds. The van der Waals surface area contributed by atoms with Crippen molar-refractivity contribution in [3.63, 3.8) is 0 Å². The van der Waals surface area contributed by atoms with Crippen LogP contribution >= 0.6 is 11.8 Å². The van der Waals surface area contributed by atoms with Crippen LogP contribution in [0.15, 0.2) is 52.4 Å².